The van der Waals surface area contributed by atoms with Crippen molar-refractivity contribution in [2.45, 2.75) is 105 Å². The number of halogens is 1. The Hall–Kier alpha value is -2.29. The smallest absolute Gasteiger partial charge is 0.168 e. The number of hydrogen-bond donors (Lipinski definition) is 0. The van der Waals surface area contributed by atoms with E-state index in [9.17, 15) is 4.39 Å². The Balaban J connectivity index is 1.43. The van der Waals surface area contributed by atoms with Gasteiger partial charge in [-0.3, -0.25) is 0 Å². The predicted octanol–water partition coefficient (Wildman–Crippen LogP) is 9.70. The Morgan fingerprint density at radius 3 is 2.39 bits per heavy atom. The molecule has 3 atom stereocenters. The quantitative estimate of drug-likeness (QED) is 0.243. The van der Waals surface area contributed by atoms with Crippen molar-refractivity contribution in [2.75, 3.05) is 0 Å². The third-order valence-electron chi connectivity index (χ3n) is 7.47. The van der Waals surface area contributed by atoms with Crippen LogP contribution in [0, 0.1) is 23.6 Å². The Bertz CT molecular complexity index is 952. The summed E-state index contributed by atoms with van der Waals surface area (Å²) in [6.45, 7) is 11.8. The third-order valence-corrected chi connectivity index (χ3v) is 7.47. The van der Waals surface area contributed by atoms with Crippen molar-refractivity contribution in [3.63, 3.8) is 0 Å². The maximum Gasteiger partial charge on any atom is 0.168 e. The summed E-state index contributed by atoms with van der Waals surface area (Å²) >= 11 is 0. The Morgan fingerprint density at radius 2 is 1.67 bits per heavy atom. The molecular formula is C33H47FO2. The van der Waals surface area contributed by atoms with Gasteiger partial charge >= 0.3 is 0 Å². The second-order valence-electron chi connectivity index (χ2n) is 11.7. The van der Waals surface area contributed by atoms with E-state index in [-0.39, 0.29) is 5.82 Å². The number of ether oxygens (including phenoxy) is 2. The standard InChI is InChI=1S/C33H47FO2/c1-25(2)12-9-13-26(3)14-10-15-27(4)16-11-20-33(5)21-19-29-22-32(30(34)23-31(29)36-33)35-24-28-17-7-6-8-18-28/h6-8,11,17-18,20,22-23,25-27H,9-10,12-16,19,21,24H2,1-5H3/b20-11+. The van der Waals surface area contributed by atoms with Crippen molar-refractivity contribution in [3.05, 3.63) is 71.6 Å². The minimum atomic E-state index is -0.392. The zero-order valence-electron chi connectivity index (χ0n) is 23.2. The summed E-state index contributed by atoms with van der Waals surface area (Å²) in [5.41, 5.74) is 1.64. The molecule has 1 heterocycles. The number of allylic oxidation sites excluding steroid dienone is 1. The van der Waals surface area contributed by atoms with E-state index in [2.05, 4.69) is 46.8 Å². The molecule has 0 N–H and O–H groups in total. The van der Waals surface area contributed by atoms with Gasteiger partial charge in [-0.2, -0.15) is 0 Å². The highest BCUT2D eigenvalue weighted by Gasteiger charge is 2.30. The normalized spacial score (nSPS) is 19.2. The van der Waals surface area contributed by atoms with Crippen LogP contribution in [0.3, 0.4) is 0 Å². The molecule has 1 aliphatic heterocycles. The lowest BCUT2D eigenvalue weighted by atomic mass is 9.90. The zero-order chi connectivity index (χ0) is 26.0. The maximum atomic E-state index is 14.7. The fourth-order valence-electron chi connectivity index (χ4n) is 5.02. The monoisotopic (exact) mass is 494 g/mol. The molecule has 2 aromatic rings. The first-order valence-electron chi connectivity index (χ1n) is 14.1. The second-order valence-corrected chi connectivity index (χ2v) is 11.7. The summed E-state index contributed by atoms with van der Waals surface area (Å²) in [6.07, 6.45) is 15.3. The van der Waals surface area contributed by atoms with E-state index in [4.69, 9.17) is 9.47 Å². The van der Waals surface area contributed by atoms with Gasteiger partial charge in [-0.25, -0.2) is 4.39 Å². The van der Waals surface area contributed by atoms with Crippen LogP contribution in [0.15, 0.2) is 54.6 Å². The van der Waals surface area contributed by atoms with Gasteiger partial charge in [0, 0.05) is 6.07 Å². The van der Waals surface area contributed by atoms with Crippen LogP contribution in [0.5, 0.6) is 11.5 Å². The summed E-state index contributed by atoms with van der Waals surface area (Å²) in [4.78, 5) is 0. The molecule has 3 heteroatoms. The van der Waals surface area contributed by atoms with E-state index in [1.807, 2.05) is 36.4 Å². The van der Waals surface area contributed by atoms with Crippen LogP contribution in [0.1, 0.15) is 97.1 Å². The average molecular weight is 495 g/mol. The minimum absolute atomic E-state index is 0.295. The minimum Gasteiger partial charge on any atom is -0.486 e. The molecule has 0 amide bonds. The van der Waals surface area contributed by atoms with Crippen LogP contribution in [-0.2, 0) is 13.0 Å². The Kier molecular flexibility index (Phi) is 10.9. The fourth-order valence-corrected chi connectivity index (χ4v) is 5.02. The first-order chi connectivity index (χ1) is 17.2. The first kappa shape index (κ1) is 28.3. The molecule has 0 saturated carbocycles. The topological polar surface area (TPSA) is 18.5 Å². The molecule has 0 aliphatic carbocycles. The molecule has 0 aromatic heterocycles. The summed E-state index contributed by atoms with van der Waals surface area (Å²) in [7, 11) is 0. The van der Waals surface area contributed by atoms with E-state index in [1.54, 1.807) is 0 Å². The van der Waals surface area contributed by atoms with Crippen LogP contribution in [0.25, 0.3) is 0 Å². The van der Waals surface area contributed by atoms with Gasteiger partial charge in [0.15, 0.2) is 11.6 Å². The molecule has 0 spiro atoms. The van der Waals surface area contributed by atoms with Gasteiger partial charge in [-0.05, 0) is 67.2 Å². The SMILES string of the molecule is CC(C)CCCC(C)CCCC(C)C/C=C/C1(C)CCc2cc(OCc3ccccc3)c(F)cc2O1. The third kappa shape index (κ3) is 9.30. The molecule has 2 nitrogen and oxygen atoms in total. The molecule has 0 saturated heterocycles. The van der Waals surface area contributed by atoms with Gasteiger partial charge in [0.05, 0.1) is 0 Å². The van der Waals surface area contributed by atoms with Gasteiger partial charge in [0.25, 0.3) is 0 Å². The van der Waals surface area contributed by atoms with E-state index in [0.29, 0.717) is 24.0 Å². The highest BCUT2D eigenvalue weighted by molar-refractivity contribution is 5.44. The van der Waals surface area contributed by atoms with Crippen LogP contribution < -0.4 is 9.47 Å². The molecule has 198 valence electrons. The van der Waals surface area contributed by atoms with Crippen molar-refractivity contribution in [1.82, 2.24) is 0 Å². The van der Waals surface area contributed by atoms with E-state index in [1.165, 1.54) is 44.6 Å². The molecule has 1 aliphatic rings. The zero-order valence-corrected chi connectivity index (χ0v) is 23.2. The van der Waals surface area contributed by atoms with Crippen LogP contribution in [0.2, 0.25) is 0 Å². The molecule has 0 bridgehead atoms. The van der Waals surface area contributed by atoms with Crippen LogP contribution in [0.4, 0.5) is 4.39 Å². The highest BCUT2D eigenvalue weighted by Crippen LogP contribution is 2.38. The summed E-state index contributed by atoms with van der Waals surface area (Å²) in [5.74, 6) is 2.89. The number of rotatable bonds is 14. The van der Waals surface area contributed by atoms with Crippen molar-refractivity contribution in [3.8, 4) is 11.5 Å². The fraction of sp³-hybridized carbons (Fsp3) is 0.576. The van der Waals surface area contributed by atoms with Gasteiger partial charge < -0.3 is 9.47 Å². The molecule has 36 heavy (non-hydrogen) atoms. The largest absolute Gasteiger partial charge is 0.486 e. The average Bonchev–Trinajstić information content (AvgIpc) is 2.83. The van der Waals surface area contributed by atoms with Gasteiger partial charge in [-0.1, -0.05) is 103 Å². The van der Waals surface area contributed by atoms with Crippen LogP contribution in [-0.4, -0.2) is 5.60 Å². The van der Waals surface area contributed by atoms with E-state index in [0.717, 1.165) is 42.2 Å². The Morgan fingerprint density at radius 1 is 0.972 bits per heavy atom. The molecule has 2 aromatic carbocycles. The van der Waals surface area contributed by atoms with Gasteiger partial charge in [0.1, 0.15) is 18.0 Å². The highest BCUT2D eigenvalue weighted by atomic mass is 19.1. The van der Waals surface area contributed by atoms with Crippen molar-refractivity contribution in [1.29, 1.82) is 0 Å². The predicted molar refractivity (Wildman–Crippen MR) is 149 cm³/mol. The Labute approximate surface area is 219 Å². The lowest BCUT2D eigenvalue weighted by molar-refractivity contribution is 0.113. The maximum absolute atomic E-state index is 14.7. The summed E-state index contributed by atoms with van der Waals surface area (Å²) < 4.78 is 26.8. The number of fused-ring (bicyclic) bond motifs is 1. The number of benzene rings is 2. The van der Waals surface area contributed by atoms with E-state index < -0.39 is 5.60 Å². The van der Waals surface area contributed by atoms with Crippen molar-refractivity contribution < 1.29 is 13.9 Å². The lowest BCUT2D eigenvalue weighted by Crippen LogP contribution is -2.34. The lowest BCUT2D eigenvalue weighted by Gasteiger charge is -2.34. The van der Waals surface area contributed by atoms with Gasteiger partial charge in [-0.15, -0.1) is 0 Å². The molecule has 0 radical (unpaired) electrons. The molecule has 3 unspecified atom stereocenters. The van der Waals surface area contributed by atoms with E-state index >= 15 is 0 Å². The first-order valence-corrected chi connectivity index (χ1v) is 14.1. The van der Waals surface area contributed by atoms with Crippen molar-refractivity contribution >= 4 is 0 Å². The molecular weight excluding hydrogens is 447 g/mol. The summed E-state index contributed by atoms with van der Waals surface area (Å²) in [6, 6.07) is 13.1. The second kappa shape index (κ2) is 13.9. The number of aryl methyl sites for hydroxylation is 1. The molecule has 0 fully saturated rings. The van der Waals surface area contributed by atoms with Gasteiger partial charge in [0.2, 0.25) is 0 Å². The van der Waals surface area contributed by atoms with Crippen LogP contribution >= 0.6 is 0 Å². The summed E-state index contributed by atoms with van der Waals surface area (Å²) in [5, 5.41) is 0. The molecule has 3 rings (SSSR count). The van der Waals surface area contributed by atoms with Crippen molar-refractivity contribution in [2.24, 2.45) is 17.8 Å². The number of hydrogen-bond acceptors (Lipinski definition) is 2.